The first-order valence-electron chi connectivity index (χ1n) is 7.20. The zero-order chi connectivity index (χ0) is 17.4. The molecule has 3 aromatic rings. The van der Waals surface area contributed by atoms with E-state index in [1.54, 1.807) is 26.1 Å². The third-order valence-electron chi connectivity index (χ3n) is 3.64. The average molecular weight is 332 g/mol. The van der Waals surface area contributed by atoms with Crippen molar-refractivity contribution in [1.29, 1.82) is 0 Å². The van der Waals surface area contributed by atoms with Crippen LogP contribution < -0.4 is 15.2 Å². The molecule has 0 saturated heterocycles. The molecule has 0 aliphatic rings. The van der Waals surface area contributed by atoms with E-state index in [0.29, 0.717) is 22.4 Å². The molecule has 0 saturated carbocycles. The van der Waals surface area contributed by atoms with Crippen LogP contribution in [0.3, 0.4) is 0 Å². The first-order chi connectivity index (χ1) is 11.5. The number of hydrogen-bond acceptors (Lipinski definition) is 7. The molecule has 126 valence electrons. The topological polar surface area (TPSA) is 97.0 Å². The molecule has 9 heteroatoms. The Morgan fingerprint density at radius 1 is 1.21 bits per heavy atom. The van der Waals surface area contributed by atoms with E-state index in [0.717, 1.165) is 4.52 Å². The van der Waals surface area contributed by atoms with Gasteiger partial charge in [0.1, 0.15) is 0 Å². The molecule has 1 aromatic carbocycles. The van der Waals surface area contributed by atoms with Crippen LogP contribution in [0.1, 0.15) is 17.5 Å². The van der Waals surface area contributed by atoms with E-state index in [1.807, 2.05) is 0 Å². The molecule has 0 spiro atoms. The van der Waals surface area contributed by atoms with Crippen molar-refractivity contribution in [3.63, 3.8) is 0 Å². The minimum absolute atomic E-state index is 0.170. The molecule has 24 heavy (non-hydrogen) atoms. The number of carbonyl (C=O) groups is 1. The van der Waals surface area contributed by atoms with Crippen LogP contribution in [0.5, 0.6) is 11.5 Å². The lowest BCUT2D eigenvalue weighted by atomic mass is 10.2. The number of ether oxygens (including phenoxy) is 3. The van der Waals surface area contributed by atoms with E-state index >= 15 is 0 Å². The summed E-state index contributed by atoms with van der Waals surface area (Å²) in [6.45, 7) is 1.87. The molecule has 0 aliphatic heterocycles. The number of esters is 1. The summed E-state index contributed by atoms with van der Waals surface area (Å²) in [4.78, 5) is 28.5. The lowest BCUT2D eigenvalue weighted by molar-refractivity contribution is 0.0512. The lowest BCUT2D eigenvalue weighted by Crippen LogP contribution is -2.25. The van der Waals surface area contributed by atoms with Gasteiger partial charge in [-0.25, -0.2) is 14.6 Å². The summed E-state index contributed by atoms with van der Waals surface area (Å²) >= 11 is 0. The molecular weight excluding hydrogens is 316 g/mol. The molecule has 2 heterocycles. The van der Waals surface area contributed by atoms with Crippen molar-refractivity contribution in [2.45, 2.75) is 6.92 Å². The summed E-state index contributed by atoms with van der Waals surface area (Å²) in [7, 11) is 4.62. The highest BCUT2D eigenvalue weighted by molar-refractivity contribution is 5.95. The van der Waals surface area contributed by atoms with Crippen LogP contribution in [0.15, 0.2) is 16.9 Å². The molecular formula is C15H16N4O5. The second kappa shape index (κ2) is 5.84. The Bertz CT molecular complexity index is 1000. The van der Waals surface area contributed by atoms with Crippen molar-refractivity contribution in [2.75, 3.05) is 20.8 Å². The zero-order valence-corrected chi connectivity index (χ0v) is 13.7. The molecule has 0 amide bonds. The third kappa shape index (κ3) is 2.25. The maximum Gasteiger partial charge on any atom is 0.378 e. The smallest absolute Gasteiger partial charge is 0.378 e. The molecule has 0 radical (unpaired) electrons. The average Bonchev–Trinajstić information content (AvgIpc) is 3.04. The van der Waals surface area contributed by atoms with Gasteiger partial charge in [0.2, 0.25) is 0 Å². The maximum absolute atomic E-state index is 12.5. The third-order valence-corrected chi connectivity index (χ3v) is 3.64. The largest absolute Gasteiger partial charge is 0.493 e. The van der Waals surface area contributed by atoms with Gasteiger partial charge in [-0.3, -0.25) is 4.57 Å². The molecule has 0 N–H and O–H groups in total. The highest BCUT2D eigenvalue weighted by Crippen LogP contribution is 2.32. The minimum atomic E-state index is -0.683. The van der Waals surface area contributed by atoms with Gasteiger partial charge < -0.3 is 14.2 Å². The van der Waals surface area contributed by atoms with Gasteiger partial charge in [-0.15, -0.1) is 5.10 Å². The highest BCUT2D eigenvalue weighted by Gasteiger charge is 2.20. The van der Waals surface area contributed by atoms with Gasteiger partial charge in [0.15, 0.2) is 17.1 Å². The molecule has 0 fully saturated rings. The zero-order valence-electron chi connectivity index (χ0n) is 13.7. The Kier molecular flexibility index (Phi) is 3.84. The Balaban J connectivity index is 2.40. The van der Waals surface area contributed by atoms with Gasteiger partial charge in [-0.2, -0.15) is 4.52 Å². The second-order valence-corrected chi connectivity index (χ2v) is 4.96. The van der Waals surface area contributed by atoms with Crippen LogP contribution in [0.25, 0.3) is 16.6 Å². The lowest BCUT2D eigenvalue weighted by Gasteiger charge is -2.11. The van der Waals surface area contributed by atoms with Crippen molar-refractivity contribution in [3.8, 4) is 11.5 Å². The van der Waals surface area contributed by atoms with Gasteiger partial charge in [0.05, 0.1) is 26.3 Å². The van der Waals surface area contributed by atoms with Crippen LogP contribution in [0.2, 0.25) is 0 Å². The molecule has 0 aliphatic carbocycles. The molecule has 0 atom stereocenters. The quantitative estimate of drug-likeness (QED) is 0.651. The number of nitrogens with zero attached hydrogens (tertiary/aromatic N) is 4. The number of aryl methyl sites for hydroxylation is 1. The number of carbonyl (C=O) groups excluding carboxylic acids is 1. The number of hydrogen-bond donors (Lipinski definition) is 0. The Hall–Kier alpha value is -3.10. The summed E-state index contributed by atoms with van der Waals surface area (Å²) in [5, 5.41) is 4.56. The SMILES string of the molecule is CCOC(=O)c1nc2c3cc(OC)c(OC)cc3n(C)c(=O)n2n1. The summed E-state index contributed by atoms with van der Waals surface area (Å²) in [5.74, 6) is 0.105. The second-order valence-electron chi connectivity index (χ2n) is 4.96. The fourth-order valence-electron chi connectivity index (χ4n) is 2.47. The fourth-order valence-corrected chi connectivity index (χ4v) is 2.47. The van der Waals surface area contributed by atoms with Crippen LogP contribution in [0, 0.1) is 0 Å². The maximum atomic E-state index is 12.5. The number of fused-ring (bicyclic) bond motifs is 3. The van der Waals surface area contributed by atoms with Crippen LogP contribution in [0.4, 0.5) is 0 Å². The molecule has 3 rings (SSSR count). The van der Waals surface area contributed by atoms with Crippen molar-refractivity contribution >= 4 is 22.5 Å². The molecule has 2 aromatic heterocycles. The van der Waals surface area contributed by atoms with Crippen molar-refractivity contribution in [3.05, 3.63) is 28.4 Å². The summed E-state index contributed by atoms with van der Waals surface area (Å²) < 4.78 is 17.9. The van der Waals surface area contributed by atoms with Crippen molar-refractivity contribution < 1.29 is 19.0 Å². The van der Waals surface area contributed by atoms with E-state index < -0.39 is 11.7 Å². The van der Waals surface area contributed by atoms with Crippen LogP contribution in [-0.2, 0) is 11.8 Å². The Morgan fingerprint density at radius 2 is 1.88 bits per heavy atom. The highest BCUT2D eigenvalue weighted by atomic mass is 16.5. The Morgan fingerprint density at radius 3 is 2.50 bits per heavy atom. The predicted molar refractivity (Wildman–Crippen MR) is 84.8 cm³/mol. The fraction of sp³-hybridized carbons (Fsp3) is 0.333. The molecule has 0 bridgehead atoms. The predicted octanol–water partition coefficient (Wildman–Crippen LogP) is 0.775. The van der Waals surface area contributed by atoms with E-state index in [4.69, 9.17) is 14.2 Å². The van der Waals surface area contributed by atoms with Gasteiger partial charge in [0.25, 0.3) is 5.82 Å². The summed E-state index contributed by atoms with van der Waals surface area (Å²) in [6, 6.07) is 3.36. The summed E-state index contributed by atoms with van der Waals surface area (Å²) in [5.41, 5.74) is 0.387. The van der Waals surface area contributed by atoms with E-state index in [9.17, 15) is 9.59 Å². The van der Waals surface area contributed by atoms with Gasteiger partial charge in [-0.1, -0.05) is 0 Å². The first-order valence-corrected chi connectivity index (χ1v) is 7.20. The van der Waals surface area contributed by atoms with E-state index in [-0.39, 0.29) is 18.1 Å². The van der Waals surface area contributed by atoms with Gasteiger partial charge >= 0.3 is 11.7 Å². The standard InChI is InChI=1S/C15H16N4O5/c1-5-24-14(20)12-16-13-8-6-10(22-3)11(23-4)7-9(8)18(2)15(21)19(13)17-12/h6-7H,5H2,1-4H3. The minimum Gasteiger partial charge on any atom is -0.493 e. The van der Waals surface area contributed by atoms with Gasteiger partial charge in [-0.05, 0) is 13.0 Å². The van der Waals surface area contributed by atoms with Crippen molar-refractivity contribution in [1.82, 2.24) is 19.2 Å². The number of methoxy groups -OCH3 is 2. The number of benzene rings is 1. The van der Waals surface area contributed by atoms with Gasteiger partial charge in [0, 0.05) is 18.5 Å². The van der Waals surface area contributed by atoms with Crippen LogP contribution >= 0.6 is 0 Å². The van der Waals surface area contributed by atoms with E-state index in [1.165, 1.54) is 18.8 Å². The Labute approximate surface area is 136 Å². The van der Waals surface area contributed by atoms with Crippen molar-refractivity contribution in [2.24, 2.45) is 7.05 Å². The number of aromatic nitrogens is 4. The van der Waals surface area contributed by atoms with E-state index in [2.05, 4.69) is 10.1 Å². The number of rotatable bonds is 4. The first kappa shape index (κ1) is 15.8. The molecule has 9 nitrogen and oxygen atoms in total. The monoisotopic (exact) mass is 332 g/mol. The van der Waals surface area contributed by atoms with Crippen LogP contribution in [-0.4, -0.2) is 46.0 Å². The molecule has 0 unspecified atom stereocenters. The normalized spacial score (nSPS) is 11.0. The summed E-state index contributed by atoms with van der Waals surface area (Å²) in [6.07, 6.45) is 0.